The van der Waals surface area contributed by atoms with Crippen LogP contribution in [0.1, 0.15) is 31.1 Å². The summed E-state index contributed by atoms with van der Waals surface area (Å²) < 4.78 is 11.0. The molecule has 0 unspecified atom stereocenters. The van der Waals surface area contributed by atoms with Crippen molar-refractivity contribution in [2.24, 2.45) is 0 Å². The van der Waals surface area contributed by atoms with Gasteiger partial charge in [0.25, 0.3) is 5.91 Å². The molecule has 1 aliphatic rings. The molecule has 0 bridgehead atoms. The normalized spacial score (nSPS) is 17.8. The number of amides is 1. The molecular weight excluding hydrogens is 320 g/mol. The predicted octanol–water partition coefficient (Wildman–Crippen LogP) is 1.84. The first-order valence-corrected chi connectivity index (χ1v) is 8.71. The van der Waals surface area contributed by atoms with Gasteiger partial charge in [0.15, 0.2) is 11.9 Å². The minimum atomic E-state index is -0.579. The van der Waals surface area contributed by atoms with Gasteiger partial charge < -0.3 is 14.4 Å². The van der Waals surface area contributed by atoms with Crippen LogP contribution < -0.4 is 4.74 Å². The Kier molecular flexibility index (Phi) is 6.96. The highest BCUT2D eigenvalue weighted by Gasteiger charge is 2.27. The van der Waals surface area contributed by atoms with Gasteiger partial charge in [-0.15, -0.1) is 0 Å². The molecule has 2 atom stereocenters. The quantitative estimate of drug-likeness (QED) is 0.704. The van der Waals surface area contributed by atoms with Crippen molar-refractivity contribution in [2.75, 3.05) is 39.9 Å². The monoisotopic (exact) mass is 348 g/mol. The van der Waals surface area contributed by atoms with Crippen molar-refractivity contribution < 1.29 is 19.1 Å². The number of ether oxygens (including phenoxy) is 2. The average molecular weight is 348 g/mol. The second kappa shape index (κ2) is 8.97. The summed E-state index contributed by atoms with van der Waals surface area (Å²) in [6, 6.07) is 7.29. The van der Waals surface area contributed by atoms with E-state index in [0.717, 1.165) is 13.1 Å². The molecule has 1 heterocycles. The van der Waals surface area contributed by atoms with Gasteiger partial charge in [-0.2, -0.15) is 0 Å². The summed E-state index contributed by atoms with van der Waals surface area (Å²) in [5, 5.41) is 0. The topological polar surface area (TPSA) is 59.1 Å². The number of rotatable bonds is 7. The van der Waals surface area contributed by atoms with Crippen LogP contribution in [-0.4, -0.2) is 73.5 Å². The van der Waals surface area contributed by atoms with E-state index in [4.69, 9.17) is 9.47 Å². The molecule has 0 radical (unpaired) electrons. The maximum atomic E-state index is 12.6. The molecule has 2 rings (SSSR count). The fourth-order valence-corrected chi connectivity index (χ4v) is 3.03. The Bertz CT molecular complexity index is 597. The average Bonchev–Trinajstić information content (AvgIpc) is 2.61. The molecular formula is C19H28N2O4. The molecule has 25 heavy (non-hydrogen) atoms. The standard InChI is InChI=1S/C19H28N2O4/c1-14(13-24-4)20-8-10-21(11-9-20)19(23)16(3)25-18-7-5-6-17(12-18)15(2)22/h5-7,12,14,16H,8-11,13H2,1-4H3/t14-,16-/m0/s1. The zero-order valence-electron chi connectivity index (χ0n) is 15.5. The van der Waals surface area contributed by atoms with Gasteiger partial charge >= 0.3 is 0 Å². The zero-order valence-corrected chi connectivity index (χ0v) is 15.5. The summed E-state index contributed by atoms with van der Waals surface area (Å²) >= 11 is 0. The Balaban J connectivity index is 1.88. The number of piperazine rings is 1. The van der Waals surface area contributed by atoms with E-state index < -0.39 is 6.10 Å². The maximum absolute atomic E-state index is 12.6. The van der Waals surface area contributed by atoms with Crippen molar-refractivity contribution in [2.45, 2.75) is 32.9 Å². The fourth-order valence-electron chi connectivity index (χ4n) is 3.03. The largest absolute Gasteiger partial charge is 0.481 e. The molecule has 1 saturated heterocycles. The van der Waals surface area contributed by atoms with E-state index in [1.165, 1.54) is 6.92 Å². The number of hydrogen-bond donors (Lipinski definition) is 0. The third-order valence-corrected chi connectivity index (χ3v) is 4.56. The van der Waals surface area contributed by atoms with Crippen molar-refractivity contribution in [3.63, 3.8) is 0 Å². The van der Waals surface area contributed by atoms with Crippen molar-refractivity contribution in [1.82, 2.24) is 9.80 Å². The molecule has 138 valence electrons. The van der Waals surface area contributed by atoms with Crippen LogP contribution in [0.5, 0.6) is 5.75 Å². The van der Waals surface area contributed by atoms with E-state index >= 15 is 0 Å². The Morgan fingerprint density at radius 1 is 1.16 bits per heavy atom. The fraction of sp³-hybridized carbons (Fsp3) is 0.579. The van der Waals surface area contributed by atoms with Crippen LogP contribution in [0, 0.1) is 0 Å². The number of carbonyl (C=O) groups excluding carboxylic acids is 2. The number of ketones is 1. The van der Waals surface area contributed by atoms with Crippen LogP contribution in [-0.2, 0) is 9.53 Å². The van der Waals surface area contributed by atoms with Crippen LogP contribution >= 0.6 is 0 Å². The van der Waals surface area contributed by atoms with Gasteiger partial charge in [-0.1, -0.05) is 12.1 Å². The van der Waals surface area contributed by atoms with Crippen molar-refractivity contribution in [3.05, 3.63) is 29.8 Å². The highest BCUT2D eigenvalue weighted by Crippen LogP contribution is 2.17. The molecule has 0 N–H and O–H groups in total. The van der Waals surface area contributed by atoms with Gasteiger partial charge in [0, 0.05) is 44.9 Å². The number of methoxy groups -OCH3 is 1. The van der Waals surface area contributed by atoms with E-state index in [1.54, 1.807) is 38.3 Å². The lowest BCUT2D eigenvalue weighted by molar-refractivity contribution is -0.140. The molecule has 0 aliphatic carbocycles. The lowest BCUT2D eigenvalue weighted by Crippen LogP contribution is -2.54. The molecule has 1 amide bonds. The van der Waals surface area contributed by atoms with Gasteiger partial charge in [0.1, 0.15) is 5.75 Å². The van der Waals surface area contributed by atoms with Crippen LogP contribution in [0.15, 0.2) is 24.3 Å². The summed E-state index contributed by atoms with van der Waals surface area (Å²) in [4.78, 5) is 28.2. The van der Waals surface area contributed by atoms with Gasteiger partial charge in [0.2, 0.25) is 0 Å². The van der Waals surface area contributed by atoms with Gasteiger partial charge in [0.05, 0.1) is 6.61 Å². The summed E-state index contributed by atoms with van der Waals surface area (Å²) in [6.07, 6.45) is -0.579. The maximum Gasteiger partial charge on any atom is 0.263 e. The Morgan fingerprint density at radius 2 is 1.84 bits per heavy atom. The van der Waals surface area contributed by atoms with E-state index in [0.29, 0.717) is 37.1 Å². The first-order chi connectivity index (χ1) is 11.9. The Labute approximate surface area is 149 Å². The summed E-state index contributed by atoms with van der Waals surface area (Å²) in [5.74, 6) is 0.499. The van der Waals surface area contributed by atoms with E-state index in [9.17, 15) is 9.59 Å². The number of nitrogens with zero attached hydrogens (tertiary/aromatic N) is 2. The third-order valence-electron chi connectivity index (χ3n) is 4.56. The SMILES string of the molecule is COC[C@H](C)N1CCN(C(=O)[C@H](C)Oc2cccc(C(C)=O)c2)CC1. The highest BCUT2D eigenvalue weighted by molar-refractivity contribution is 5.94. The second-order valence-corrected chi connectivity index (χ2v) is 6.51. The van der Waals surface area contributed by atoms with Gasteiger partial charge in [-0.05, 0) is 32.9 Å². The number of Topliss-reactive ketones (excluding diaryl/α,β-unsaturated/α-hetero) is 1. The summed E-state index contributed by atoms with van der Waals surface area (Å²) in [6.45, 7) is 9.14. The van der Waals surface area contributed by atoms with Crippen molar-refractivity contribution in [1.29, 1.82) is 0 Å². The number of hydrogen-bond acceptors (Lipinski definition) is 5. The van der Waals surface area contributed by atoms with Crippen molar-refractivity contribution in [3.8, 4) is 5.75 Å². The second-order valence-electron chi connectivity index (χ2n) is 6.51. The predicted molar refractivity (Wildman–Crippen MR) is 96.0 cm³/mol. The van der Waals surface area contributed by atoms with E-state index in [-0.39, 0.29) is 11.7 Å². The van der Waals surface area contributed by atoms with Crippen LogP contribution in [0.25, 0.3) is 0 Å². The van der Waals surface area contributed by atoms with Crippen LogP contribution in [0.2, 0.25) is 0 Å². The molecule has 0 saturated carbocycles. The summed E-state index contributed by atoms with van der Waals surface area (Å²) in [7, 11) is 1.70. The van der Waals surface area contributed by atoms with E-state index in [1.807, 2.05) is 4.90 Å². The van der Waals surface area contributed by atoms with Crippen LogP contribution in [0.4, 0.5) is 0 Å². The number of carbonyl (C=O) groups is 2. The summed E-state index contributed by atoms with van der Waals surface area (Å²) in [5.41, 5.74) is 0.581. The van der Waals surface area contributed by atoms with Gasteiger partial charge in [-0.25, -0.2) is 0 Å². The lowest BCUT2D eigenvalue weighted by atomic mass is 10.1. The Morgan fingerprint density at radius 3 is 2.44 bits per heavy atom. The van der Waals surface area contributed by atoms with E-state index in [2.05, 4.69) is 11.8 Å². The van der Waals surface area contributed by atoms with Crippen molar-refractivity contribution >= 4 is 11.7 Å². The molecule has 1 aromatic rings. The third kappa shape index (κ3) is 5.28. The molecule has 1 aliphatic heterocycles. The van der Waals surface area contributed by atoms with Crippen LogP contribution in [0.3, 0.4) is 0 Å². The number of benzene rings is 1. The molecule has 1 aromatic carbocycles. The molecule has 0 aromatic heterocycles. The molecule has 6 nitrogen and oxygen atoms in total. The van der Waals surface area contributed by atoms with Gasteiger partial charge in [-0.3, -0.25) is 14.5 Å². The zero-order chi connectivity index (χ0) is 18.4. The smallest absolute Gasteiger partial charge is 0.263 e. The lowest BCUT2D eigenvalue weighted by Gasteiger charge is -2.38. The highest BCUT2D eigenvalue weighted by atomic mass is 16.5. The minimum absolute atomic E-state index is 0.0210. The first-order valence-electron chi connectivity index (χ1n) is 8.71. The molecule has 1 fully saturated rings. The molecule has 6 heteroatoms. The molecule has 0 spiro atoms. The minimum Gasteiger partial charge on any atom is -0.481 e. The Hall–Kier alpha value is -1.92. The first kappa shape index (κ1) is 19.4.